The van der Waals surface area contributed by atoms with Gasteiger partial charge in [0.05, 0.1) is 12.2 Å². The second kappa shape index (κ2) is 0.873. The van der Waals surface area contributed by atoms with Crippen LogP contribution < -0.4 is 0 Å². The van der Waals surface area contributed by atoms with Crippen molar-refractivity contribution in [1.29, 1.82) is 0 Å². The first kappa shape index (κ1) is 3.90. The topological polar surface area (TPSA) is 12.5 Å². The molecule has 0 N–H and O–H groups in total. The lowest BCUT2D eigenvalue weighted by molar-refractivity contribution is 0.290. The van der Waals surface area contributed by atoms with Crippen LogP contribution in [0.25, 0.3) is 0 Å². The lowest BCUT2D eigenvalue weighted by atomic mass is 9.77. The average molecular weight is 98.1 g/mol. The number of rotatable bonds is 0. The minimum atomic E-state index is 0.676. The van der Waals surface area contributed by atoms with E-state index in [0.29, 0.717) is 12.2 Å². The van der Waals surface area contributed by atoms with Crippen LogP contribution in [0.1, 0.15) is 13.8 Å². The standard InChI is InChI=1S/C6H10O/c1-3-4(2)6-5(3)7-6/h3-6H,1-2H3/t3?,4?,5-,6+. The molecule has 0 aromatic heterocycles. The van der Waals surface area contributed by atoms with Crippen molar-refractivity contribution in [2.45, 2.75) is 26.1 Å². The molecule has 0 radical (unpaired) electrons. The highest BCUT2D eigenvalue weighted by Crippen LogP contribution is 2.50. The molecule has 40 valence electrons. The van der Waals surface area contributed by atoms with Gasteiger partial charge in [-0.3, -0.25) is 0 Å². The molecule has 1 aliphatic heterocycles. The summed E-state index contributed by atoms with van der Waals surface area (Å²) in [6.07, 6.45) is 1.35. The Bertz CT molecular complexity index is 88.4. The van der Waals surface area contributed by atoms with Gasteiger partial charge in [0, 0.05) is 0 Å². The first-order chi connectivity index (χ1) is 3.30. The molecule has 1 aliphatic carbocycles. The first-order valence-electron chi connectivity index (χ1n) is 2.96. The van der Waals surface area contributed by atoms with Crippen LogP contribution in [0, 0.1) is 11.8 Å². The van der Waals surface area contributed by atoms with Crippen LogP contribution in [0.3, 0.4) is 0 Å². The van der Waals surface area contributed by atoms with E-state index in [4.69, 9.17) is 4.74 Å². The molecule has 0 aromatic rings. The minimum Gasteiger partial charge on any atom is -0.369 e. The maximum atomic E-state index is 5.25. The van der Waals surface area contributed by atoms with Crippen molar-refractivity contribution >= 4 is 0 Å². The summed E-state index contributed by atoms with van der Waals surface area (Å²) in [6.45, 7) is 4.53. The zero-order chi connectivity index (χ0) is 5.02. The molecule has 7 heavy (non-hydrogen) atoms. The molecule has 0 aromatic carbocycles. The molecule has 2 unspecified atom stereocenters. The van der Waals surface area contributed by atoms with Gasteiger partial charge in [0.2, 0.25) is 0 Å². The van der Waals surface area contributed by atoms with Crippen molar-refractivity contribution in [2.24, 2.45) is 11.8 Å². The van der Waals surface area contributed by atoms with Crippen molar-refractivity contribution in [1.82, 2.24) is 0 Å². The van der Waals surface area contributed by atoms with Gasteiger partial charge < -0.3 is 4.74 Å². The van der Waals surface area contributed by atoms with Gasteiger partial charge in [0.1, 0.15) is 0 Å². The Labute approximate surface area is 43.7 Å². The van der Waals surface area contributed by atoms with Crippen LogP contribution in [0.5, 0.6) is 0 Å². The van der Waals surface area contributed by atoms with Gasteiger partial charge in [-0.15, -0.1) is 0 Å². The van der Waals surface area contributed by atoms with Crippen LogP contribution in [-0.2, 0) is 4.74 Å². The summed E-state index contributed by atoms with van der Waals surface area (Å²) in [5.74, 6) is 1.70. The Balaban J connectivity index is 2.09. The van der Waals surface area contributed by atoms with Crippen LogP contribution in [0.2, 0.25) is 0 Å². The van der Waals surface area contributed by atoms with Gasteiger partial charge >= 0.3 is 0 Å². The third-order valence-corrected chi connectivity index (χ3v) is 2.43. The summed E-state index contributed by atoms with van der Waals surface area (Å²) < 4.78 is 5.25. The van der Waals surface area contributed by atoms with Crippen molar-refractivity contribution in [3.8, 4) is 0 Å². The molecule has 1 heterocycles. The average Bonchev–Trinajstić information content (AvgIpc) is 2.39. The molecule has 2 fully saturated rings. The molecule has 1 saturated heterocycles. The van der Waals surface area contributed by atoms with Gasteiger partial charge in [0.15, 0.2) is 0 Å². The van der Waals surface area contributed by atoms with Gasteiger partial charge in [0.25, 0.3) is 0 Å². The number of epoxide rings is 1. The lowest BCUT2D eigenvalue weighted by Gasteiger charge is -2.23. The van der Waals surface area contributed by atoms with E-state index in [2.05, 4.69) is 13.8 Å². The Morgan fingerprint density at radius 2 is 1.43 bits per heavy atom. The quantitative estimate of drug-likeness (QED) is 0.412. The predicted octanol–water partition coefficient (Wildman–Crippen LogP) is 1.04. The molecule has 0 spiro atoms. The van der Waals surface area contributed by atoms with Gasteiger partial charge in [-0.05, 0) is 11.8 Å². The van der Waals surface area contributed by atoms with Crippen LogP contribution in [-0.4, -0.2) is 12.2 Å². The molecule has 2 aliphatic rings. The third kappa shape index (κ3) is 0.290. The van der Waals surface area contributed by atoms with E-state index in [0.717, 1.165) is 11.8 Å². The van der Waals surface area contributed by atoms with Crippen molar-refractivity contribution in [2.75, 3.05) is 0 Å². The Morgan fingerprint density at radius 3 is 1.57 bits per heavy atom. The number of hydrogen-bond donors (Lipinski definition) is 0. The van der Waals surface area contributed by atoms with E-state index in [1.165, 1.54) is 0 Å². The Kier molecular flexibility index (Phi) is 0.487. The second-order valence-electron chi connectivity index (χ2n) is 2.78. The summed E-state index contributed by atoms with van der Waals surface area (Å²) in [4.78, 5) is 0. The van der Waals surface area contributed by atoms with E-state index in [-0.39, 0.29) is 0 Å². The molecule has 1 heteroatoms. The molecule has 1 saturated carbocycles. The highest BCUT2D eigenvalue weighted by Gasteiger charge is 2.59. The monoisotopic (exact) mass is 98.1 g/mol. The summed E-state index contributed by atoms with van der Waals surface area (Å²) in [6, 6.07) is 0. The fourth-order valence-electron chi connectivity index (χ4n) is 1.44. The third-order valence-electron chi connectivity index (χ3n) is 2.43. The van der Waals surface area contributed by atoms with Gasteiger partial charge in [-0.1, -0.05) is 13.8 Å². The van der Waals surface area contributed by atoms with Gasteiger partial charge in [-0.25, -0.2) is 0 Å². The van der Waals surface area contributed by atoms with E-state index < -0.39 is 0 Å². The summed E-state index contributed by atoms with van der Waals surface area (Å²) in [7, 11) is 0. The predicted molar refractivity (Wildman–Crippen MR) is 27.0 cm³/mol. The summed E-state index contributed by atoms with van der Waals surface area (Å²) >= 11 is 0. The largest absolute Gasteiger partial charge is 0.369 e. The number of ether oxygens (including phenoxy) is 1. The fraction of sp³-hybridized carbons (Fsp3) is 1.00. The smallest absolute Gasteiger partial charge is 0.0873 e. The van der Waals surface area contributed by atoms with Crippen molar-refractivity contribution in [3.05, 3.63) is 0 Å². The molecular formula is C6H10O. The maximum Gasteiger partial charge on any atom is 0.0873 e. The molecule has 4 atom stereocenters. The molecule has 2 rings (SSSR count). The minimum absolute atomic E-state index is 0.676. The highest BCUT2D eigenvalue weighted by atomic mass is 16.6. The van der Waals surface area contributed by atoms with Crippen LogP contribution in [0.15, 0.2) is 0 Å². The lowest BCUT2D eigenvalue weighted by Crippen LogP contribution is -2.31. The summed E-state index contributed by atoms with van der Waals surface area (Å²) in [5.41, 5.74) is 0. The van der Waals surface area contributed by atoms with Crippen molar-refractivity contribution in [3.63, 3.8) is 0 Å². The first-order valence-corrected chi connectivity index (χ1v) is 2.96. The highest BCUT2D eigenvalue weighted by molar-refractivity contribution is 5.05. The zero-order valence-corrected chi connectivity index (χ0v) is 4.72. The van der Waals surface area contributed by atoms with E-state index >= 15 is 0 Å². The van der Waals surface area contributed by atoms with E-state index in [1.807, 2.05) is 0 Å². The Hall–Kier alpha value is -0.0400. The van der Waals surface area contributed by atoms with Gasteiger partial charge in [-0.2, -0.15) is 0 Å². The van der Waals surface area contributed by atoms with Crippen molar-refractivity contribution < 1.29 is 4.74 Å². The molecule has 1 nitrogen and oxygen atoms in total. The number of fused-ring (bicyclic) bond motifs is 1. The SMILES string of the molecule is CC1C(C)[C@@H]2O[C@H]12. The fourth-order valence-corrected chi connectivity index (χ4v) is 1.44. The maximum absolute atomic E-state index is 5.25. The van der Waals surface area contributed by atoms with Crippen LogP contribution >= 0.6 is 0 Å². The number of hydrogen-bond acceptors (Lipinski definition) is 1. The molecule has 0 bridgehead atoms. The zero-order valence-electron chi connectivity index (χ0n) is 4.72. The molecule has 0 amide bonds. The Morgan fingerprint density at radius 1 is 1.00 bits per heavy atom. The normalized spacial score (nSPS) is 66.0. The summed E-state index contributed by atoms with van der Waals surface area (Å²) in [5, 5.41) is 0. The van der Waals surface area contributed by atoms with Crippen LogP contribution in [0.4, 0.5) is 0 Å². The van der Waals surface area contributed by atoms with E-state index in [9.17, 15) is 0 Å². The van der Waals surface area contributed by atoms with E-state index in [1.54, 1.807) is 0 Å². The second-order valence-corrected chi connectivity index (χ2v) is 2.78. The molecular weight excluding hydrogens is 88.1 g/mol.